The average molecular weight is 649 g/mol. The summed E-state index contributed by atoms with van der Waals surface area (Å²) in [5.41, 5.74) is -1.67. The lowest BCUT2D eigenvalue weighted by molar-refractivity contribution is -0.147. The van der Waals surface area contributed by atoms with Gasteiger partial charge in [-0.15, -0.1) is 6.58 Å². The second-order valence-corrected chi connectivity index (χ2v) is 11.9. The average Bonchev–Trinajstić information content (AvgIpc) is 3.49. The predicted molar refractivity (Wildman–Crippen MR) is 154 cm³/mol. The van der Waals surface area contributed by atoms with Gasteiger partial charge in [0.15, 0.2) is 5.69 Å². The van der Waals surface area contributed by atoms with Crippen LogP contribution in [0.25, 0.3) is 10.9 Å². The minimum absolute atomic E-state index is 0.00217. The Hall–Kier alpha value is -3.87. The highest BCUT2D eigenvalue weighted by Gasteiger charge is 2.62. The molecule has 12 nitrogen and oxygen atoms in total. The number of benzene rings is 1. The van der Waals surface area contributed by atoms with Gasteiger partial charge < -0.3 is 29.0 Å². The van der Waals surface area contributed by atoms with Crippen LogP contribution in [0, 0.1) is 5.92 Å². The highest BCUT2D eigenvalue weighted by Crippen LogP contribution is 2.46. The molecular weight excluding hydrogens is 614 g/mol. The van der Waals surface area contributed by atoms with Crippen LogP contribution >= 0.6 is 15.9 Å². The Labute approximate surface area is 251 Å². The summed E-state index contributed by atoms with van der Waals surface area (Å²) in [5.74, 6) is -1.33. The predicted octanol–water partition coefficient (Wildman–Crippen LogP) is 3.78. The lowest BCUT2D eigenvalue weighted by Crippen LogP contribution is -2.53. The first-order valence-electron chi connectivity index (χ1n) is 13.2. The van der Waals surface area contributed by atoms with E-state index in [9.17, 15) is 19.2 Å². The maximum atomic E-state index is 13.6. The van der Waals surface area contributed by atoms with E-state index >= 15 is 0 Å². The zero-order chi connectivity index (χ0) is 31.0. The first-order chi connectivity index (χ1) is 19.8. The smallest absolute Gasteiger partial charge is 0.411 e. The van der Waals surface area contributed by atoms with E-state index < -0.39 is 47.2 Å². The number of likely N-dealkylation sites (tertiary alicyclic amines) is 1. The number of amides is 2. The van der Waals surface area contributed by atoms with E-state index in [0.29, 0.717) is 33.3 Å². The number of pyridine rings is 1. The Morgan fingerprint density at radius 3 is 2.43 bits per heavy atom. The van der Waals surface area contributed by atoms with E-state index in [4.69, 9.17) is 23.7 Å². The zero-order valence-electron chi connectivity index (χ0n) is 24.3. The van der Waals surface area contributed by atoms with Crippen molar-refractivity contribution in [1.29, 1.82) is 0 Å². The number of carbonyl (C=O) groups excluding carboxylic acids is 4. The molecule has 2 aliphatic rings. The summed E-state index contributed by atoms with van der Waals surface area (Å²) in [5, 5.41) is 3.35. The summed E-state index contributed by atoms with van der Waals surface area (Å²) in [6, 6.07) is 3.88. The summed E-state index contributed by atoms with van der Waals surface area (Å²) in [6.07, 6.45) is 0.610. The van der Waals surface area contributed by atoms with Crippen molar-refractivity contribution >= 4 is 50.8 Å². The highest BCUT2D eigenvalue weighted by atomic mass is 79.9. The van der Waals surface area contributed by atoms with Gasteiger partial charge in [-0.2, -0.15) is 0 Å². The van der Waals surface area contributed by atoms with Crippen molar-refractivity contribution in [2.24, 2.45) is 5.92 Å². The molecule has 0 unspecified atom stereocenters. The molecule has 42 heavy (non-hydrogen) atoms. The maximum absolute atomic E-state index is 13.6. The van der Waals surface area contributed by atoms with Crippen LogP contribution in [0.2, 0.25) is 0 Å². The molecule has 2 amide bonds. The number of nitrogens with one attached hydrogen (secondary N) is 1. The topological polar surface area (TPSA) is 143 Å². The largest absolute Gasteiger partial charge is 0.495 e. The van der Waals surface area contributed by atoms with Gasteiger partial charge in [0, 0.05) is 23.8 Å². The van der Waals surface area contributed by atoms with Crippen molar-refractivity contribution in [2.75, 3.05) is 27.9 Å². The molecule has 2 aromatic rings. The van der Waals surface area contributed by atoms with Gasteiger partial charge in [-0.3, -0.25) is 9.69 Å². The van der Waals surface area contributed by atoms with Crippen LogP contribution in [0.15, 0.2) is 35.3 Å². The summed E-state index contributed by atoms with van der Waals surface area (Å²) < 4.78 is 27.6. The third kappa shape index (κ3) is 6.01. The Balaban J connectivity index is 1.68. The molecule has 1 saturated carbocycles. The molecule has 13 heteroatoms. The van der Waals surface area contributed by atoms with Crippen LogP contribution in [-0.2, 0) is 23.8 Å². The summed E-state index contributed by atoms with van der Waals surface area (Å²) in [4.78, 5) is 57.6. The number of hydrogen-bond donors (Lipinski definition) is 1. The number of hydrogen-bond acceptors (Lipinski definition) is 10. The molecule has 2 heterocycles. The summed E-state index contributed by atoms with van der Waals surface area (Å²) >= 11 is 3.48. The van der Waals surface area contributed by atoms with Crippen molar-refractivity contribution in [3.8, 4) is 11.5 Å². The first-order valence-corrected chi connectivity index (χ1v) is 14.0. The third-order valence-corrected chi connectivity index (χ3v) is 7.91. The maximum Gasteiger partial charge on any atom is 0.411 e. The van der Waals surface area contributed by atoms with Crippen LogP contribution < -0.4 is 14.8 Å². The standard InChI is InChI=1S/C29H34BrN3O9/c1-8-15-13-29(15,26(36)40-7)32-24(34)19-11-16(14-33(19)27(37)42-28(2,3)4)41-21-12-18(25(35)39-6)31-23-17(21)9-10-20(38-5)22(23)30/h8-10,12,15-16,19H,1,11,13-14H2,2-7H3,(H,32,34)/t15-,16-,19+,29-/m1/s1. The van der Waals surface area contributed by atoms with Gasteiger partial charge in [0.2, 0.25) is 5.91 Å². The van der Waals surface area contributed by atoms with Gasteiger partial charge in [0.1, 0.15) is 34.8 Å². The number of ether oxygens (including phenoxy) is 5. The number of carbonyl (C=O) groups is 4. The van der Waals surface area contributed by atoms with Gasteiger partial charge in [0.05, 0.1) is 37.9 Å². The molecule has 1 saturated heterocycles. The van der Waals surface area contributed by atoms with Crippen molar-refractivity contribution in [3.63, 3.8) is 0 Å². The molecular formula is C29H34BrN3O9. The lowest BCUT2D eigenvalue weighted by atomic mass is 10.1. The highest BCUT2D eigenvalue weighted by molar-refractivity contribution is 9.10. The number of rotatable bonds is 8. The summed E-state index contributed by atoms with van der Waals surface area (Å²) in [7, 11) is 3.99. The Bertz CT molecular complexity index is 1440. The second kappa shape index (κ2) is 11.8. The molecule has 4 atom stereocenters. The normalized spacial score (nSPS) is 23.1. The summed E-state index contributed by atoms with van der Waals surface area (Å²) in [6.45, 7) is 8.90. The van der Waals surface area contributed by atoms with E-state index in [-0.39, 0.29) is 24.6 Å². The van der Waals surface area contributed by atoms with Crippen molar-refractivity contribution in [2.45, 2.75) is 56.9 Å². The molecule has 0 spiro atoms. The van der Waals surface area contributed by atoms with Crippen LogP contribution in [0.4, 0.5) is 4.79 Å². The van der Waals surface area contributed by atoms with Crippen molar-refractivity contribution < 1.29 is 42.9 Å². The van der Waals surface area contributed by atoms with E-state index in [0.717, 1.165) is 0 Å². The number of nitrogens with zero attached hydrogens (tertiary/aromatic N) is 2. The van der Waals surface area contributed by atoms with E-state index in [1.54, 1.807) is 39.0 Å². The van der Waals surface area contributed by atoms with Gasteiger partial charge in [-0.25, -0.2) is 19.4 Å². The Kier molecular flexibility index (Phi) is 8.72. The minimum Gasteiger partial charge on any atom is -0.495 e. The fraction of sp³-hybridized carbons (Fsp3) is 0.483. The second-order valence-electron chi connectivity index (χ2n) is 11.1. The monoisotopic (exact) mass is 647 g/mol. The Morgan fingerprint density at radius 1 is 1.14 bits per heavy atom. The molecule has 1 aromatic heterocycles. The van der Waals surface area contributed by atoms with Gasteiger partial charge in [0.25, 0.3) is 0 Å². The van der Waals surface area contributed by atoms with Gasteiger partial charge in [-0.1, -0.05) is 6.08 Å². The minimum atomic E-state index is -1.24. The number of aromatic nitrogens is 1. The molecule has 1 aliphatic heterocycles. The molecule has 0 radical (unpaired) electrons. The molecule has 0 bridgehead atoms. The van der Waals surface area contributed by atoms with Crippen LogP contribution in [0.1, 0.15) is 44.1 Å². The van der Waals surface area contributed by atoms with Crippen LogP contribution in [-0.4, -0.2) is 85.0 Å². The van der Waals surface area contributed by atoms with Crippen molar-refractivity contribution in [3.05, 3.63) is 41.0 Å². The van der Waals surface area contributed by atoms with Crippen molar-refractivity contribution in [1.82, 2.24) is 15.2 Å². The lowest BCUT2D eigenvalue weighted by Gasteiger charge is -2.28. The SMILES string of the molecule is C=C[C@@H]1C[C@]1(NC(=O)[C@@H]1C[C@@H](Oc2cc(C(=O)OC)nc3c(Br)c(OC)ccc23)CN1C(=O)OC(C)(C)C)C(=O)OC. The van der Waals surface area contributed by atoms with E-state index in [1.807, 2.05) is 0 Å². The van der Waals surface area contributed by atoms with Gasteiger partial charge in [-0.05, 0) is 55.3 Å². The number of methoxy groups -OCH3 is 3. The number of halogens is 1. The van der Waals surface area contributed by atoms with E-state index in [2.05, 4.69) is 32.8 Å². The zero-order valence-corrected chi connectivity index (χ0v) is 25.9. The molecule has 226 valence electrons. The molecule has 2 fully saturated rings. The molecule has 1 aromatic carbocycles. The quantitative estimate of drug-likeness (QED) is 0.255. The molecule has 1 aliphatic carbocycles. The fourth-order valence-corrected chi connectivity index (χ4v) is 5.59. The van der Waals surface area contributed by atoms with Gasteiger partial charge >= 0.3 is 18.0 Å². The first kappa shape index (κ1) is 31.1. The fourth-order valence-electron chi connectivity index (χ4n) is 4.99. The number of esters is 2. The third-order valence-electron chi connectivity index (χ3n) is 7.14. The Morgan fingerprint density at radius 2 is 1.86 bits per heavy atom. The molecule has 1 N–H and O–H groups in total. The van der Waals surface area contributed by atoms with Crippen LogP contribution in [0.5, 0.6) is 11.5 Å². The molecule has 4 rings (SSSR count). The van der Waals surface area contributed by atoms with E-state index in [1.165, 1.54) is 32.3 Å². The van der Waals surface area contributed by atoms with Crippen LogP contribution in [0.3, 0.4) is 0 Å². The number of fused-ring (bicyclic) bond motifs is 1.